The van der Waals surface area contributed by atoms with Gasteiger partial charge in [-0.15, -0.1) is 0 Å². The number of furan rings is 1. The molecule has 2 aromatic heterocycles. The summed E-state index contributed by atoms with van der Waals surface area (Å²) < 4.78 is 9.74. The third-order valence-corrected chi connectivity index (χ3v) is 6.95. The van der Waals surface area contributed by atoms with Crippen molar-refractivity contribution in [3.63, 3.8) is 0 Å². The molecule has 0 aliphatic carbocycles. The van der Waals surface area contributed by atoms with Gasteiger partial charge in [-0.2, -0.15) is 0 Å². The zero-order valence-corrected chi connectivity index (χ0v) is 19.2. The fourth-order valence-electron chi connectivity index (χ4n) is 4.99. The minimum Gasteiger partial charge on any atom is -0.455 e. The molecule has 0 spiro atoms. The number of para-hydroxylation sites is 3. The van der Waals surface area contributed by atoms with E-state index in [2.05, 4.69) is 118 Å². The van der Waals surface area contributed by atoms with Crippen LogP contribution in [0.5, 0.6) is 0 Å². The lowest BCUT2D eigenvalue weighted by atomic mass is 10.0. The van der Waals surface area contributed by atoms with Crippen LogP contribution in [0.1, 0.15) is 0 Å². The van der Waals surface area contributed by atoms with Crippen LogP contribution in [-0.4, -0.2) is 4.57 Å². The van der Waals surface area contributed by atoms with Crippen molar-refractivity contribution in [3.8, 4) is 16.8 Å². The zero-order chi connectivity index (χ0) is 21.9. The van der Waals surface area contributed by atoms with E-state index in [0.29, 0.717) is 0 Å². The molecule has 33 heavy (non-hydrogen) atoms. The fraction of sp³-hybridized carbons (Fsp3) is 0. The summed E-state index contributed by atoms with van der Waals surface area (Å²) in [5, 5.41) is 4.78. The molecule has 0 saturated carbocycles. The Hall–Kier alpha value is -3.82. The van der Waals surface area contributed by atoms with E-state index in [4.69, 9.17) is 4.42 Å². The van der Waals surface area contributed by atoms with Crippen molar-refractivity contribution in [2.75, 3.05) is 0 Å². The van der Waals surface area contributed by atoms with Crippen LogP contribution in [0.15, 0.2) is 118 Å². The van der Waals surface area contributed by atoms with E-state index in [1.807, 2.05) is 12.1 Å². The summed E-state index contributed by atoms with van der Waals surface area (Å²) in [6, 6.07) is 38.4. The summed E-state index contributed by atoms with van der Waals surface area (Å²) >= 11 is 3.67. The molecule has 0 aliphatic heterocycles. The van der Waals surface area contributed by atoms with Crippen LogP contribution in [-0.2, 0) is 0 Å². The second-order valence-corrected chi connectivity index (χ2v) is 9.26. The van der Waals surface area contributed by atoms with Gasteiger partial charge in [0, 0.05) is 37.3 Å². The predicted octanol–water partition coefficient (Wildman–Crippen LogP) is 9.11. The predicted molar refractivity (Wildman–Crippen MR) is 141 cm³/mol. The SMILES string of the molecule is Brc1ccc2c3ccc(-c4cccc5c4oc4ccccc45)cc3n(-c3ccccc3)c2c1. The molecule has 2 heterocycles. The Kier molecular flexibility index (Phi) is 4.02. The molecular weight excluding hydrogens is 470 g/mol. The van der Waals surface area contributed by atoms with Crippen molar-refractivity contribution in [1.82, 2.24) is 4.57 Å². The lowest BCUT2D eigenvalue weighted by molar-refractivity contribution is 0.670. The summed E-state index contributed by atoms with van der Waals surface area (Å²) in [6.45, 7) is 0. The summed E-state index contributed by atoms with van der Waals surface area (Å²) in [5.74, 6) is 0. The average molecular weight is 488 g/mol. The van der Waals surface area contributed by atoms with Crippen LogP contribution in [0, 0.1) is 0 Å². The lowest BCUT2D eigenvalue weighted by Gasteiger charge is -2.09. The highest BCUT2D eigenvalue weighted by Crippen LogP contribution is 2.39. The van der Waals surface area contributed by atoms with E-state index in [9.17, 15) is 0 Å². The maximum Gasteiger partial charge on any atom is 0.143 e. The standard InChI is InChI=1S/C30H18BrNO/c31-20-14-16-24-23-15-13-19(17-27(23)32(28(24)18-20)21-7-2-1-3-8-21)22-10-6-11-26-25-9-4-5-12-29(25)33-30(22)26/h1-18H. The Bertz CT molecular complexity index is 1830. The van der Waals surface area contributed by atoms with Gasteiger partial charge in [-0.25, -0.2) is 0 Å². The number of hydrogen-bond donors (Lipinski definition) is 0. The number of hydrogen-bond acceptors (Lipinski definition) is 1. The highest BCUT2D eigenvalue weighted by Gasteiger charge is 2.16. The first kappa shape index (κ1) is 18.7. The normalized spacial score (nSPS) is 11.8. The highest BCUT2D eigenvalue weighted by molar-refractivity contribution is 9.10. The molecule has 2 nitrogen and oxygen atoms in total. The summed E-state index contributed by atoms with van der Waals surface area (Å²) in [7, 11) is 0. The van der Waals surface area contributed by atoms with E-state index in [0.717, 1.165) is 43.2 Å². The minimum absolute atomic E-state index is 0.921. The molecule has 7 rings (SSSR count). The molecule has 0 radical (unpaired) electrons. The molecule has 0 bridgehead atoms. The number of aromatic nitrogens is 1. The molecule has 5 aromatic carbocycles. The van der Waals surface area contributed by atoms with E-state index < -0.39 is 0 Å². The van der Waals surface area contributed by atoms with Crippen molar-refractivity contribution < 1.29 is 4.42 Å². The van der Waals surface area contributed by atoms with Crippen LogP contribution < -0.4 is 0 Å². The topological polar surface area (TPSA) is 18.1 Å². The Morgan fingerprint density at radius 1 is 0.576 bits per heavy atom. The molecule has 0 unspecified atom stereocenters. The largest absolute Gasteiger partial charge is 0.455 e. The summed E-state index contributed by atoms with van der Waals surface area (Å²) in [4.78, 5) is 0. The van der Waals surface area contributed by atoms with Gasteiger partial charge >= 0.3 is 0 Å². The van der Waals surface area contributed by atoms with Gasteiger partial charge < -0.3 is 8.98 Å². The van der Waals surface area contributed by atoms with Gasteiger partial charge in [0.05, 0.1) is 11.0 Å². The Morgan fingerprint density at radius 2 is 1.30 bits per heavy atom. The Labute approximate surface area is 198 Å². The fourth-order valence-corrected chi connectivity index (χ4v) is 5.34. The van der Waals surface area contributed by atoms with Crippen LogP contribution >= 0.6 is 15.9 Å². The second-order valence-electron chi connectivity index (χ2n) is 8.34. The number of fused-ring (bicyclic) bond motifs is 6. The second kappa shape index (κ2) is 7.09. The molecule has 0 saturated heterocycles. The third kappa shape index (κ3) is 2.79. The number of benzene rings is 5. The minimum atomic E-state index is 0.921. The van der Waals surface area contributed by atoms with Crippen molar-refractivity contribution in [2.45, 2.75) is 0 Å². The number of nitrogens with zero attached hydrogens (tertiary/aromatic N) is 1. The monoisotopic (exact) mass is 487 g/mol. The first-order chi connectivity index (χ1) is 16.3. The smallest absolute Gasteiger partial charge is 0.143 e. The van der Waals surface area contributed by atoms with Crippen LogP contribution in [0.25, 0.3) is 60.6 Å². The van der Waals surface area contributed by atoms with Gasteiger partial charge in [-0.05, 0) is 42.0 Å². The first-order valence-corrected chi connectivity index (χ1v) is 11.8. The van der Waals surface area contributed by atoms with E-state index >= 15 is 0 Å². The molecule has 156 valence electrons. The quantitative estimate of drug-likeness (QED) is 0.237. The molecule has 0 fully saturated rings. The molecule has 0 atom stereocenters. The summed E-state index contributed by atoms with van der Waals surface area (Å²) in [5.41, 5.74) is 7.62. The van der Waals surface area contributed by atoms with E-state index in [1.165, 1.54) is 21.8 Å². The van der Waals surface area contributed by atoms with Gasteiger partial charge in [0.15, 0.2) is 0 Å². The molecule has 7 aromatic rings. The average Bonchev–Trinajstić information content (AvgIpc) is 3.39. The van der Waals surface area contributed by atoms with Crippen LogP contribution in [0.3, 0.4) is 0 Å². The number of halogens is 1. The van der Waals surface area contributed by atoms with Crippen molar-refractivity contribution in [2.24, 2.45) is 0 Å². The van der Waals surface area contributed by atoms with Crippen LogP contribution in [0.2, 0.25) is 0 Å². The van der Waals surface area contributed by atoms with Crippen molar-refractivity contribution in [3.05, 3.63) is 114 Å². The molecule has 0 aliphatic rings. The van der Waals surface area contributed by atoms with Crippen LogP contribution in [0.4, 0.5) is 0 Å². The van der Waals surface area contributed by atoms with Crippen molar-refractivity contribution >= 4 is 59.7 Å². The molecule has 0 amide bonds. The molecule has 3 heteroatoms. The third-order valence-electron chi connectivity index (χ3n) is 6.46. The van der Waals surface area contributed by atoms with Gasteiger partial charge in [0.1, 0.15) is 11.2 Å². The lowest BCUT2D eigenvalue weighted by Crippen LogP contribution is -1.93. The zero-order valence-electron chi connectivity index (χ0n) is 17.6. The molecular formula is C30H18BrNO. The first-order valence-electron chi connectivity index (χ1n) is 11.0. The van der Waals surface area contributed by atoms with Gasteiger partial charge in [0.2, 0.25) is 0 Å². The maximum absolute atomic E-state index is 6.33. The maximum atomic E-state index is 6.33. The van der Waals surface area contributed by atoms with E-state index in [1.54, 1.807) is 0 Å². The highest BCUT2D eigenvalue weighted by atomic mass is 79.9. The summed E-state index contributed by atoms with van der Waals surface area (Å²) in [6.07, 6.45) is 0. The van der Waals surface area contributed by atoms with Crippen molar-refractivity contribution in [1.29, 1.82) is 0 Å². The van der Waals surface area contributed by atoms with Gasteiger partial charge in [0.25, 0.3) is 0 Å². The van der Waals surface area contributed by atoms with Gasteiger partial charge in [-0.1, -0.05) is 88.7 Å². The Morgan fingerprint density at radius 3 is 2.18 bits per heavy atom. The Balaban J connectivity index is 1.57. The van der Waals surface area contributed by atoms with Gasteiger partial charge in [-0.3, -0.25) is 0 Å². The van der Waals surface area contributed by atoms with E-state index in [-0.39, 0.29) is 0 Å². The molecule has 0 N–H and O–H groups in total. The number of rotatable bonds is 2.